The Morgan fingerprint density at radius 3 is 2.62 bits per heavy atom. The third-order valence-corrected chi connectivity index (χ3v) is 6.10. The van der Waals surface area contributed by atoms with Gasteiger partial charge in [0, 0.05) is 14.9 Å². The molecule has 9 heteroatoms. The highest BCUT2D eigenvalue weighted by atomic mass is 79.9. The van der Waals surface area contributed by atoms with Crippen LogP contribution in [0.25, 0.3) is 10.2 Å². The lowest BCUT2D eigenvalue weighted by molar-refractivity contribution is 0.601. The van der Waals surface area contributed by atoms with E-state index in [2.05, 4.69) is 30.6 Å². The van der Waals surface area contributed by atoms with Crippen LogP contribution >= 0.6 is 38.9 Å². The third kappa shape index (κ3) is 2.89. The van der Waals surface area contributed by atoms with E-state index in [-0.39, 0.29) is 10.7 Å². The maximum atomic E-state index is 12.4. The van der Waals surface area contributed by atoms with Crippen LogP contribution in [0.4, 0.5) is 5.82 Å². The second-order valence-electron chi connectivity index (χ2n) is 4.05. The van der Waals surface area contributed by atoms with Gasteiger partial charge >= 0.3 is 0 Å². The molecular weight excluding hydrogens is 398 g/mol. The molecule has 0 aliphatic heterocycles. The number of anilines is 1. The first-order valence-electron chi connectivity index (χ1n) is 5.63. The van der Waals surface area contributed by atoms with Gasteiger partial charge in [-0.25, -0.2) is 18.4 Å². The molecule has 0 atom stereocenters. The van der Waals surface area contributed by atoms with Gasteiger partial charge in [0.2, 0.25) is 0 Å². The quantitative estimate of drug-likeness (QED) is 0.718. The van der Waals surface area contributed by atoms with Crippen molar-refractivity contribution in [3.8, 4) is 0 Å². The van der Waals surface area contributed by atoms with Crippen LogP contribution in [0.2, 0.25) is 5.02 Å². The molecule has 3 aromatic rings. The number of thiophene rings is 1. The van der Waals surface area contributed by atoms with E-state index in [0.29, 0.717) is 15.2 Å². The average molecular weight is 405 g/mol. The zero-order valence-corrected chi connectivity index (χ0v) is 14.2. The minimum Gasteiger partial charge on any atom is -0.263 e. The van der Waals surface area contributed by atoms with Gasteiger partial charge in [-0.05, 0) is 40.2 Å². The van der Waals surface area contributed by atoms with Crippen molar-refractivity contribution in [3.63, 3.8) is 0 Å². The van der Waals surface area contributed by atoms with Gasteiger partial charge in [-0.15, -0.1) is 11.3 Å². The van der Waals surface area contributed by atoms with Crippen LogP contribution in [0.1, 0.15) is 0 Å². The van der Waals surface area contributed by atoms with Crippen molar-refractivity contribution in [2.75, 3.05) is 4.72 Å². The first-order chi connectivity index (χ1) is 9.97. The van der Waals surface area contributed by atoms with E-state index < -0.39 is 10.0 Å². The molecular formula is C12H7BrClN3O2S2. The predicted octanol–water partition coefficient (Wildman–Crippen LogP) is 3.91. The smallest absolute Gasteiger partial charge is 0.263 e. The summed E-state index contributed by atoms with van der Waals surface area (Å²) in [5.41, 5.74) is 0. The van der Waals surface area contributed by atoms with Crippen molar-refractivity contribution in [3.05, 3.63) is 45.5 Å². The highest BCUT2D eigenvalue weighted by Gasteiger charge is 2.18. The van der Waals surface area contributed by atoms with E-state index in [4.69, 9.17) is 11.6 Å². The highest BCUT2D eigenvalue weighted by Crippen LogP contribution is 2.33. The standard InChI is InChI=1S/C12H7BrClN3O2S2/c13-9-5-20-12-10(9)11(15-6-16-12)17-21(18,19)8-3-1-7(14)2-4-8/h1-6H,(H,15,16,17). The largest absolute Gasteiger partial charge is 0.263 e. The summed E-state index contributed by atoms with van der Waals surface area (Å²) >= 11 is 10.5. The Morgan fingerprint density at radius 1 is 1.19 bits per heavy atom. The Labute approximate surface area is 138 Å². The lowest BCUT2D eigenvalue weighted by atomic mass is 10.4. The minimum atomic E-state index is -3.73. The molecule has 0 saturated carbocycles. The molecule has 2 aromatic heterocycles. The first-order valence-corrected chi connectivity index (χ1v) is 9.17. The normalized spacial score (nSPS) is 11.7. The molecule has 0 spiro atoms. The SMILES string of the molecule is O=S(=O)(Nc1ncnc2scc(Br)c12)c1ccc(Cl)cc1. The molecule has 2 heterocycles. The summed E-state index contributed by atoms with van der Waals surface area (Å²) in [5, 5.41) is 2.94. The average Bonchev–Trinajstić information content (AvgIpc) is 2.82. The summed E-state index contributed by atoms with van der Waals surface area (Å²) in [6, 6.07) is 5.91. The van der Waals surface area contributed by atoms with Gasteiger partial charge in [-0.1, -0.05) is 11.6 Å². The summed E-state index contributed by atoms with van der Waals surface area (Å²) in [7, 11) is -3.73. The van der Waals surface area contributed by atoms with E-state index in [1.807, 2.05) is 5.38 Å². The van der Waals surface area contributed by atoms with Crippen LogP contribution in [0.3, 0.4) is 0 Å². The fourth-order valence-corrected chi connectivity index (χ4v) is 4.42. The van der Waals surface area contributed by atoms with Crippen LogP contribution in [-0.4, -0.2) is 18.4 Å². The van der Waals surface area contributed by atoms with Crippen LogP contribution in [0.15, 0.2) is 45.3 Å². The van der Waals surface area contributed by atoms with E-state index in [0.717, 1.165) is 4.47 Å². The van der Waals surface area contributed by atoms with Crippen LogP contribution < -0.4 is 4.72 Å². The fourth-order valence-electron chi connectivity index (χ4n) is 1.72. The number of benzene rings is 1. The number of fused-ring (bicyclic) bond motifs is 1. The molecule has 0 aliphatic carbocycles. The van der Waals surface area contributed by atoms with Crippen molar-refractivity contribution in [1.82, 2.24) is 9.97 Å². The highest BCUT2D eigenvalue weighted by molar-refractivity contribution is 9.10. The summed E-state index contributed by atoms with van der Waals surface area (Å²) in [4.78, 5) is 8.94. The number of halogens is 2. The number of hydrogen-bond donors (Lipinski definition) is 1. The monoisotopic (exact) mass is 403 g/mol. The zero-order chi connectivity index (χ0) is 15.0. The molecule has 0 aliphatic rings. The lowest BCUT2D eigenvalue weighted by Crippen LogP contribution is -2.14. The molecule has 3 rings (SSSR count). The van der Waals surface area contributed by atoms with Crippen molar-refractivity contribution >= 4 is 64.9 Å². The number of hydrogen-bond acceptors (Lipinski definition) is 5. The summed E-state index contributed by atoms with van der Waals surface area (Å²) in [5.74, 6) is 0.239. The van der Waals surface area contributed by atoms with E-state index in [1.165, 1.54) is 41.9 Å². The van der Waals surface area contributed by atoms with Gasteiger partial charge in [0.1, 0.15) is 11.2 Å². The lowest BCUT2D eigenvalue weighted by Gasteiger charge is -2.08. The predicted molar refractivity (Wildman–Crippen MR) is 87.4 cm³/mol. The molecule has 0 bridgehead atoms. The molecule has 21 heavy (non-hydrogen) atoms. The van der Waals surface area contributed by atoms with Gasteiger partial charge in [-0.3, -0.25) is 4.72 Å². The summed E-state index contributed by atoms with van der Waals surface area (Å²) < 4.78 is 28.0. The number of rotatable bonds is 3. The topological polar surface area (TPSA) is 72.0 Å². The number of nitrogens with one attached hydrogen (secondary N) is 1. The maximum absolute atomic E-state index is 12.4. The molecule has 0 unspecified atom stereocenters. The second kappa shape index (κ2) is 5.53. The number of nitrogens with zero attached hydrogens (tertiary/aromatic N) is 2. The van der Waals surface area contributed by atoms with Crippen LogP contribution in [0.5, 0.6) is 0 Å². The Balaban J connectivity index is 2.05. The maximum Gasteiger partial charge on any atom is 0.263 e. The van der Waals surface area contributed by atoms with Crippen molar-refractivity contribution < 1.29 is 8.42 Å². The fraction of sp³-hybridized carbons (Fsp3) is 0. The Morgan fingerprint density at radius 2 is 1.90 bits per heavy atom. The number of sulfonamides is 1. The van der Waals surface area contributed by atoms with Crippen molar-refractivity contribution in [1.29, 1.82) is 0 Å². The third-order valence-electron chi connectivity index (χ3n) is 2.68. The Bertz CT molecular complexity index is 910. The zero-order valence-electron chi connectivity index (χ0n) is 10.2. The van der Waals surface area contributed by atoms with Crippen LogP contribution in [0, 0.1) is 0 Å². The van der Waals surface area contributed by atoms with Crippen LogP contribution in [-0.2, 0) is 10.0 Å². The van der Waals surface area contributed by atoms with E-state index in [1.54, 1.807) is 0 Å². The van der Waals surface area contributed by atoms with Crippen molar-refractivity contribution in [2.45, 2.75) is 4.90 Å². The van der Waals surface area contributed by atoms with Gasteiger partial charge in [0.15, 0.2) is 5.82 Å². The molecule has 1 N–H and O–H groups in total. The molecule has 5 nitrogen and oxygen atoms in total. The van der Waals surface area contributed by atoms with Gasteiger partial charge < -0.3 is 0 Å². The first kappa shape index (κ1) is 14.7. The summed E-state index contributed by atoms with van der Waals surface area (Å²) in [6.07, 6.45) is 1.32. The van der Waals surface area contributed by atoms with Gasteiger partial charge in [0.25, 0.3) is 10.0 Å². The molecule has 1 aromatic carbocycles. The van der Waals surface area contributed by atoms with E-state index >= 15 is 0 Å². The van der Waals surface area contributed by atoms with E-state index in [9.17, 15) is 8.42 Å². The van der Waals surface area contributed by atoms with Gasteiger partial charge in [-0.2, -0.15) is 0 Å². The minimum absolute atomic E-state index is 0.116. The molecule has 0 amide bonds. The molecule has 108 valence electrons. The molecule has 0 fully saturated rings. The number of aromatic nitrogens is 2. The van der Waals surface area contributed by atoms with Gasteiger partial charge in [0.05, 0.1) is 10.3 Å². The Kier molecular flexibility index (Phi) is 3.87. The Hall–Kier alpha value is -1.22. The molecule has 0 saturated heterocycles. The summed E-state index contributed by atoms with van der Waals surface area (Å²) in [6.45, 7) is 0. The van der Waals surface area contributed by atoms with Crippen molar-refractivity contribution in [2.24, 2.45) is 0 Å². The molecule has 0 radical (unpaired) electrons. The second-order valence-corrected chi connectivity index (χ2v) is 7.88.